The van der Waals surface area contributed by atoms with E-state index in [2.05, 4.69) is 20.7 Å². The van der Waals surface area contributed by atoms with Crippen molar-refractivity contribution in [3.8, 4) is 0 Å². The highest BCUT2D eigenvalue weighted by molar-refractivity contribution is 6.02. The Bertz CT molecular complexity index is 609. The molecule has 2 amide bonds. The van der Waals surface area contributed by atoms with Gasteiger partial charge in [-0.2, -0.15) is 15.4 Å². The first-order valence-electron chi connectivity index (χ1n) is 6.04. The van der Waals surface area contributed by atoms with Crippen LogP contribution in [0.3, 0.4) is 0 Å². The van der Waals surface area contributed by atoms with Gasteiger partial charge in [-0.1, -0.05) is 12.1 Å². The Hall–Kier alpha value is -2.70. The fraction of sp³-hybridized carbons (Fsp3) is 0.231. The third-order valence-corrected chi connectivity index (χ3v) is 2.79. The lowest BCUT2D eigenvalue weighted by Crippen LogP contribution is -2.23. The second-order valence-electron chi connectivity index (χ2n) is 4.38. The van der Waals surface area contributed by atoms with Crippen LogP contribution >= 0.6 is 0 Å². The van der Waals surface area contributed by atoms with E-state index in [4.69, 9.17) is 0 Å². The molecule has 0 saturated heterocycles. The van der Waals surface area contributed by atoms with Gasteiger partial charge in [-0.25, -0.2) is 0 Å². The predicted molar refractivity (Wildman–Crippen MR) is 72.9 cm³/mol. The van der Waals surface area contributed by atoms with Crippen LogP contribution in [-0.4, -0.2) is 39.2 Å². The van der Waals surface area contributed by atoms with Crippen LogP contribution in [0.15, 0.2) is 30.5 Å². The zero-order valence-electron chi connectivity index (χ0n) is 11.3. The first-order valence-corrected chi connectivity index (χ1v) is 6.04. The van der Waals surface area contributed by atoms with Gasteiger partial charge in [-0.05, 0) is 17.7 Å². The molecule has 2 rings (SSSR count). The highest BCUT2D eigenvalue weighted by Crippen LogP contribution is 2.13. The third-order valence-electron chi connectivity index (χ3n) is 2.79. The normalized spacial score (nSPS) is 10.1. The van der Waals surface area contributed by atoms with Crippen LogP contribution in [0, 0.1) is 0 Å². The number of amides is 2. The van der Waals surface area contributed by atoms with Gasteiger partial charge in [0.2, 0.25) is 5.91 Å². The molecule has 2 aromatic rings. The zero-order valence-corrected chi connectivity index (χ0v) is 11.3. The molecule has 1 aromatic carbocycles. The molecular formula is C13H15N5O2. The van der Waals surface area contributed by atoms with E-state index in [0.717, 1.165) is 5.56 Å². The Balaban J connectivity index is 2.06. The van der Waals surface area contributed by atoms with Crippen molar-refractivity contribution >= 4 is 17.5 Å². The maximum absolute atomic E-state index is 11.8. The summed E-state index contributed by atoms with van der Waals surface area (Å²) in [6.45, 7) is 2.00. The van der Waals surface area contributed by atoms with Gasteiger partial charge in [0.05, 0.1) is 6.20 Å². The van der Waals surface area contributed by atoms with Crippen molar-refractivity contribution in [3.63, 3.8) is 0 Å². The monoisotopic (exact) mass is 273 g/mol. The maximum Gasteiger partial charge on any atom is 0.277 e. The molecule has 0 aliphatic carbocycles. The maximum atomic E-state index is 11.8. The van der Waals surface area contributed by atoms with E-state index < -0.39 is 0 Å². The molecule has 0 unspecified atom stereocenters. The van der Waals surface area contributed by atoms with E-state index in [0.29, 0.717) is 12.2 Å². The summed E-state index contributed by atoms with van der Waals surface area (Å²) in [4.78, 5) is 24.6. The van der Waals surface area contributed by atoms with Gasteiger partial charge < -0.3 is 10.2 Å². The number of aromatic nitrogens is 3. The smallest absolute Gasteiger partial charge is 0.277 e. The highest BCUT2D eigenvalue weighted by Gasteiger charge is 2.09. The van der Waals surface area contributed by atoms with Crippen molar-refractivity contribution in [2.45, 2.75) is 13.5 Å². The molecule has 0 spiro atoms. The average Bonchev–Trinajstić information content (AvgIpc) is 2.92. The summed E-state index contributed by atoms with van der Waals surface area (Å²) in [6, 6.07) is 7.31. The van der Waals surface area contributed by atoms with Crippen LogP contribution in [0.25, 0.3) is 0 Å². The van der Waals surface area contributed by atoms with Crippen LogP contribution < -0.4 is 5.32 Å². The van der Waals surface area contributed by atoms with Crippen molar-refractivity contribution in [3.05, 3.63) is 41.7 Å². The van der Waals surface area contributed by atoms with Crippen molar-refractivity contribution in [1.82, 2.24) is 20.3 Å². The number of aromatic amines is 1. The highest BCUT2D eigenvalue weighted by atomic mass is 16.2. The molecule has 0 aliphatic rings. The van der Waals surface area contributed by atoms with Gasteiger partial charge in [-0.3, -0.25) is 9.59 Å². The lowest BCUT2D eigenvalue weighted by molar-refractivity contribution is -0.128. The summed E-state index contributed by atoms with van der Waals surface area (Å²) in [7, 11) is 1.73. The second kappa shape index (κ2) is 5.96. The van der Waals surface area contributed by atoms with Crippen LogP contribution in [0.4, 0.5) is 5.69 Å². The lowest BCUT2D eigenvalue weighted by Gasteiger charge is -2.15. The van der Waals surface area contributed by atoms with E-state index in [9.17, 15) is 9.59 Å². The number of carbonyl (C=O) groups is 2. The average molecular weight is 273 g/mol. The molecule has 0 fully saturated rings. The quantitative estimate of drug-likeness (QED) is 0.870. The molecule has 104 valence electrons. The first-order chi connectivity index (χ1) is 9.56. The number of anilines is 1. The fourth-order valence-electron chi connectivity index (χ4n) is 1.64. The Morgan fingerprint density at radius 2 is 2.20 bits per heavy atom. The largest absolute Gasteiger partial charge is 0.342 e. The van der Waals surface area contributed by atoms with Gasteiger partial charge >= 0.3 is 0 Å². The van der Waals surface area contributed by atoms with Gasteiger partial charge in [-0.15, -0.1) is 0 Å². The molecule has 0 aliphatic heterocycles. The topological polar surface area (TPSA) is 91.0 Å². The Kier molecular flexibility index (Phi) is 4.09. The zero-order chi connectivity index (χ0) is 14.5. The molecule has 0 saturated carbocycles. The molecule has 0 bridgehead atoms. The van der Waals surface area contributed by atoms with Crippen LogP contribution in [0.2, 0.25) is 0 Å². The van der Waals surface area contributed by atoms with Crippen LogP contribution in [0.1, 0.15) is 23.0 Å². The van der Waals surface area contributed by atoms with Crippen LogP contribution in [-0.2, 0) is 11.3 Å². The predicted octanol–water partition coefficient (Wildman–Crippen LogP) is 1.04. The number of H-pyrrole nitrogens is 1. The van der Waals surface area contributed by atoms with Crippen LogP contribution in [0.5, 0.6) is 0 Å². The van der Waals surface area contributed by atoms with Crippen molar-refractivity contribution in [2.75, 3.05) is 12.4 Å². The molecule has 0 radical (unpaired) electrons. The number of hydrogen-bond acceptors (Lipinski definition) is 4. The number of benzene rings is 1. The van der Waals surface area contributed by atoms with Gasteiger partial charge in [0, 0.05) is 26.2 Å². The molecule has 0 atom stereocenters. The number of rotatable bonds is 4. The first kappa shape index (κ1) is 13.7. The standard InChI is InChI=1S/C13H15N5O2/c1-9(19)18(2)8-10-4-3-5-11(6-10)15-13(20)12-7-14-17-16-12/h3-7H,8H2,1-2H3,(H,15,20)(H,14,16,17). The van der Waals surface area contributed by atoms with Crippen molar-refractivity contribution in [1.29, 1.82) is 0 Å². The van der Waals surface area contributed by atoms with Gasteiger partial charge in [0.25, 0.3) is 5.91 Å². The van der Waals surface area contributed by atoms with E-state index in [1.807, 2.05) is 18.2 Å². The molecule has 7 heteroatoms. The Morgan fingerprint density at radius 1 is 1.40 bits per heavy atom. The van der Waals surface area contributed by atoms with Gasteiger partial charge in [0.15, 0.2) is 5.69 Å². The van der Waals surface area contributed by atoms with E-state index in [1.165, 1.54) is 13.1 Å². The number of hydrogen-bond donors (Lipinski definition) is 2. The Morgan fingerprint density at radius 3 is 2.85 bits per heavy atom. The molecule has 7 nitrogen and oxygen atoms in total. The fourth-order valence-corrected chi connectivity index (χ4v) is 1.64. The van der Waals surface area contributed by atoms with E-state index >= 15 is 0 Å². The molecular weight excluding hydrogens is 258 g/mol. The summed E-state index contributed by atoms with van der Waals surface area (Å²) in [5.74, 6) is -0.349. The van der Waals surface area contributed by atoms with E-state index in [-0.39, 0.29) is 17.5 Å². The minimum absolute atomic E-state index is 0.0120. The number of carbonyl (C=O) groups excluding carboxylic acids is 2. The lowest BCUT2D eigenvalue weighted by atomic mass is 10.2. The minimum atomic E-state index is -0.337. The molecule has 1 heterocycles. The summed E-state index contributed by atoms with van der Waals surface area (Å²) in [5.41, 5.74) is 1.80. The SMILES string of the molecule is CC(=O)N(C)Cc1cccc(NC(=O)c2cn[nH]n2)c1. The number of nitrogens with zero attached hydrogens (tertiary/aromatic N) is 3. The Labute approximate surface area is 116 Å². The third kappa shape index (κ3) is 3.41. The van der Waals surface area contributed by atoms with Crippen molar-refractivity contribution in [2.24, 2.45) is 0 Å². The number of nitrogens with one attached hydrogen (secondary N) is 2. The molecule has 20 heavy (non-hydrogen) atoms. The summed E-state index contributed by atoms with van der Waals surface area (Å²) < 4.78 is 0. The minimum Gasteiger partial charge on any atom is -0.342 e. The molecule has 2 N–H and O–H groups in total. The summed E-state index contributed by atoms with van der Waals surface area (Å²) in [6.07, 6.45) is 1.35. The van der Waals surface area contributed by atoms with Gasteiger partial charge in [0.1, 0.15) is 0 Å². The second-order valence-corrected chi connectivity index (χ2v) is 4.38. The summed E-state index contributed by atoms with van der Waals surface area (Å²) >= 11 is 0. The molecule has 1 aromatic heterocycles. The van der Waals surface area contributed by atoms with E-state index in [1.54, 1.807) is 18.0 Å². The van der Waals surface area contributed by atoms with Crippen molar-refractivity contribution < 1.29 is 9.59 Å². The summed E-state index contributed by atoms with van der Waals surface area (Å²) in [5, 5.41) is 12.4.